The molecule has 118 valence electrons. The van der Waals surface area contributed by atoms with Crippen molar-refractivity contribution in [2.75, 3.05) is 6.61 Å². The first-order valence-corrected chi connectivity index (χ1v) is 7.82. The van der Waals surface area contributed by atoms with Crippen LogP contribution in [0.3, 0.4) is 0 Å². The van der Waals surface area contributed by atoms with E-state index in [1.54, 1.807) is 0 Å². The van der Waals surface area contributed by atoms with Gasteiger partial charge in [-0.05, 0) is 38.5 Å². The third-order valence-corrected chi connectivity index (χ3v) is 3.70. The fourth-order valence-corrected chi connectivity index (χ4v) is 2.16. The molecular weight excluding hydrogens is 276 g/mol. The largest absolute Gasteiger partial charge is 0.494 e. The van der Waals surface area contributed by atoms with Crippen LogP contribution in [0.15, 0.2) is 41.2 Å². The van der Waals surface area contributed by atoms with Crippen molar-refractivity contribution in [1.29, 1.82) is 0 Å². The molecule has 0 bridgehead atoms. The molecule has 1 heterocycles. The Kier molecular flexibility index (Phi) is 5.78. The van der Waals surface area contributed by atoms with Gasteiger partial charge in [-0.3, -0.25) is 4.79 Å². The maximum atomic E-state index is 12.2. The summed E-state index contributed by atoms with van der Waals surface area (Å²) in [6, 6.07) is 12.0. The molecule has 0 aliphatic rings. The molecule has 0 fully saturated rings. The number of hydrogen-bond acceptors (Lipinski definition) is 3. The minimum Gasteiger partial charge on any atom is -0.494 e. The number of rotatable bonds is 7. The number of benzene rings is 1. The molecule has 1 unspecified atom stereocenters. The van der Waals surface area contributed by atoms with E-state index in [1.807, 2.05) is 43.3 Å². The zero-order chi connectivity index (χ0) is 15.9. The van der Waals surface area contributed by atoms with Crippen molar-refractivity contribution < 1.29 is 4.74 Å². The number of nitrogens with one attached hydrogen (secondary N) is 2. The van der Waals surface area contributed by atoms with E-state index >= 15 is 0 Å². The summed E-state index contributed by atoms with van der Waals surface area (Å²) in [6.45, 7) is 7.40. The first-order valence-electron chi connectivity index (χ1n) is 7.82. The van der Waals surface area contributed by atoms with Gasteiger partial charge in [-0.25, -0.2) is 0 Å². The molecule has 0 amide bonds. The Bertz CT molecular complexity index is 664. The normalized spacial score (nSPS) is 12.1. The quantitative estimate of drug-likeness (QED) is 0.824. The van der Waals surface area contributed by atoms with Gasteiger partial charge in [-0.2, -0.15) is 0 Å². The molecule has 0 saturated heterocycles. The van der Waals surface area contributed by atoms with Crippen LogP contribution in [0.5, 0.6) is 5.75 Å². The summed E-state index contributed by atoms with van der Waals surface area (Å²) in [5.74, 6) is 0.809. The Labute approximate surface area is 131 Å². The summed E-state index contributed by atoms with van der Waals surface area (Å²) < 4.78 is 5.50. The lowest BCUT2D eigenvalue weighted by Gasteiger charge is -2.11. The van der Waals surface area contributed by atoms with E-state index in [0.29, 0.717) is 19.2 Å². The van der Waals surface area contributed by atoms with Crippen LogP contribution >= 0.6 is 0 Å². The lowest BCUT2D eigenvalue weighted by molar-refractivity contribution is 0.340. The van der Waals surface area contributed by atoms with Crippen LogP contribution in [0.2, 0.25) is 0 Å². The Balaban J connectivity index is 2.18. The molecule has 2 rings (SSSR count). The molecule has 2 N–H and O–H groups in total. The summed E-state index contributed by atoms with van der Waals surface area (Å²) in [6.07, 6.45) is 1.04. The molecular formula is C18H24N2O2. The van der Waals surface area contributed by atoms with E-state index < -0.39 is 0 Å². The van der Waals surface area contributed by atoms with Gasteiger partial charge >= 0.3 is 0 Å². The van der Waals surface area contributed by atoms with Gasteiger partial charge in [0.15, 0.2) is 0 Å². The van der Waals surface area contributed by atoms with E-state index in [1.165, 1.54) is 0 Å². The van der Waals surface area contributed by atoms with Crippen molar-refractivity contribution in [3.05, 3.63) is 52.3 Å². The molecule has 0 spiro atoms. The van der Waals surface area contributed by atoms with Gasteiger partial charge in [0.1, 0.15) is 5.75 Å². The van der Waals surface area contributed by atoms with E-state index in [2.05, 4.69) is 24.1 Å². The molecule has 0 aliphatic carbocycles. The summed E-state index contributed by atoms with van der Waals surface area (Å²) in [5.41, 5.74) is 2.46. The number of aromatic nitrogens is 1. The van der Waals surface area contributed by atoms with Crippen molar-refractivity contribution in [2.45, 2.75) is 39.8 Å². The molecule has 1 aromatic heterocycles. The van der Waals surface area contributed by atoms with Gasteiger partial charge in [0.25, 0.3) is 5.56 Å². The molecule has 1 aromatic carbocycles. The van der Waals surface area contributed by atoms with Crippen LogP contribution in [0, 0.1) is 0 Å². The summed E-state index contributed by atoms with van der Waals surface area (Å²) >= 11 is 0. The van der Waals surface area contributed by atoms with Gasteiger partial charge in [-0.1, -0.05) is 25.1 Å². The summed E-state index contributed by atoms with van der Waals surface area (Å²) in [5, 5.41) is 3.33. The van der Waals surface area contributed by atoms with E-state index in [9.17, 15) is 4.79 Å². The number of pyridine rings is 1. The van der Waals surface area contributed by atoms with Crippen molar-refractivity contribution in [3.8, 4) is 17.0 Å². The van der Waals surface area contributed by atoms with E-state index in [-0.39, 0.29) is 5.56 Å². The van der Waals surface area contributed by atoms with Crippen LogP contribution in [-0.4, -0.2) is 17.6 Å². The average molecular weight is 300 g/mol. The first kappa shape index (κ1) is 16.3. The second kappa shape index (κ2) is 7.80. The van der Waals surface area contributed by atoms with Gasteiger partial charge in [0.2, 0.25) is 0 Å². The van der Waals surface area contributed by atoms with Gasteiger partial charge in [0.05, 0.1) is 6.61 Å². The Morgan fingerprint density at radius 1 is 1.23 bits per heavy atom. The fourth-order valence-electron chi connectivity index (χ4n) is 2.16. The zero-order valence-electron chi connectivity index (χ0n) is 13.5. The highest BCUT2D eigenvalue weighted by Gasteiger charge is 2.05. The standard InChI is InChI=1S/C18H24N2O2/c1-4-13(3)19-12-15-9-10-17(20-18(15)21)14-7-6-8-16(11-14)22-5-2/h6-11,13,19H,4-5,12H2,1-3H3,(H,20,21). The molecule has 1 atom stereocenters. The number of ether oxygens (including phenoxy) is 1. The monoisotopic (exact) mass is 300 g/mol. The SMILES string of the molecule is CCOc1cccc(-c2ccc(CNC(C)CC)c(=O)[nH]2)c1. The van der Waals surface area contributed by atoms with E-state index in [4.69, 9.17) is 4.74 Å². The number of hydrogen-bond donors (Lipinski definition) is 2. The summed E-state index contributed by atoms with van der Waals surface area (Å²) in [4.78, 5) is 15.2. The maximum Gasteiger partial charge on any atom is 0.252 e. The number of aromatic amines is 1. The van der Waals surface area contributed by atoms with Crippen LogP contribution in [0.4, 0.5) is 0 Å². The topological polar surface area (TPSA) is 54.1 Å². The maximum absolute atomic E-state index is 12.2. The zero-order valence-corrected chi connectivity index (χ0v) is 13.5. The highest BCUT2D eigenvalue weighted by Crippen LogP contribution is 2.21. The fraction of sp³-hybridized carbons (Fsp3) is 0.389. The summed E-state index contributed by atoms with van der Waals surface area (Å²) in [7, 11) is 0. The van der Waals surface area contributed by atoms with Crippen LogP contribution < -0.4 is 15.6 Å². The van der Waals surface area contributed by atoms with Gasteiger partial charge in [0, 0.05) is 29.4 Å². The van der Waals surface area contributed by atoms with Crippen molar-refractivity contribution >= 4 is 0 Å². The van der Waals surface area contributed by atoms with Crippen LogP contribution in [-0.2, 0) is 6.54 Å². The molecule has 4 heteroatoms. The van der Waals surface area contributed by atoms with Crippen molar-refractivity contribution in [1.82, 2.24) is 10.3 Å². The lowest BCUT2D eigenvalue weighted by atomic mass is 10.1. The highest BCUT2D eigenvalue weighted by molar-refractivity contribution is 5.61. The van der Waals surface area contributed by atoms with E-state index in [0.717, 1.165) is 29.0 Å². The smallest absolute Gasteiger partial charge is 0.252 e. The third kappa shape index (κ3) is 4.21. The molecule has 0 radical (unpaired) electrons. The predicted molar refractivity (Wildman–Crippen MR) is 90.3 cm³/mol. The Morgan fingerprint density at radius 3 is 2.73 bits per heavy atom. The minimum absolute atomic E-state index is 0.0462. The van der Waals surface area contributed by atoms with Crippen LogP contribution in [0.1, 0.15) is 32.8 Å². The van der Waals surface area contributed by atoms with Crippen LogP contribution in [0.25, 0.3) is 11.3 Å². The molecule has 0 saturated carbocycles. The molecule has 4 nitrogen and oxygen atoms in total. The van der Waals surface area contributed by atoms with Crippen molar-refractivity contribution in [2.24, 2.45) is 0 Å². The van der Waals surface area contributed by atoms with Crippen molar-refractivity contribution in [3.63, 3.8) is 0 Å². The minimum atomic E-state index is -0.0462. The van der Waals surface area contributed by atoms with Gasteiger partial charge in [-0.15, -0.1) is 0 Å². The average Bonchev–Trinajstić information content (AvgIpc) is 2.54. The lowest BCUT2D eigenvalue weighted by Crippen LogP contribution is -2.28. The third-order valence-electron chi connectivity index (χ3n) is 3.70. The second-order valence-corrected chi connectivity index (χ2v) is 5.38. The molecule has 0 aliphatic heterocycles. The molecule has 22 heavy (non-hydrogen) atoms. The molecule has 2 aromatic rings. The predicted octanol–water partition coefficient (Wildman–Crippen LogP) is 3.33. The highest BCUT2D eigenvalue weighted by atomic mass is 16.5. The number of H-pyrrole nitrogens is 1. The Morgan fingerprint density at radius 2 is 2.05 bits per heavy atom. The second-order valence-electron chi connectivity index (χ2n) is 5.38. The first-order chi connectivity index (χ1) is 10.6. The van der Waals surface area contributed by atoms with Gasteiger partial charge < -0.3 is 15.0 Å². The Hall–Kier alpha value is -2.07.